The third-order valence-corrected chi connectivity index (χ3v) is 4.40. The van der Waals surface area contributed by atoms with E-state index in [1.54, 1.807) is 7.11 Å². The van der Waals surface area contributed by atoms with Crippen LogP contribution in [0.3, 0.4) is 0 Å². The molecule has 19 heavy (non-hydrogen) atoms. The van der Waals surface area contributed by atoms with Crippen LogP contribution in [-0.2, 0) is 6.42 Å². The Labute approximate surface area is 115 Å². The van der Waals surface area contributed by atoms with Gasteiger partial charge < -0.3 is 15.2 Å². The molecule has 1 saturated carbocycles. The molecule has 1 fully saturated rings. The van der Waals surface area contributed by atoms with Crippen molar-refractivity contribution in [2.75, 3.05) is 13.7 Å². The number of aliphatic hydroxyl groups excluding tert-OH is 1. The number of aryl methyl sites for hydroxylation is 1. The van der Waals surface area contributed by atoms with Crippen molar-refractivity contribution < 1.29 is 9.84 Å². The van der Waals surface area contributed by atoms with Crippen molar-refractivity contribution in [3.05, 3.63) is 29.3 Å². The second-order valence-corrected chi connectivity index (χ2v) is 5.82. The molecule has 2 atom stereocenters. The summed E-state index contributed by atoms with van der Waals surface area (Å²) in [7, 11) is 1.71. The monoisotopic (exact) mass is 261 g/mol. The molecule has 0 heterocycles. The van der Waals surface area contributed by atoms with E-state index in [0.29, 0.717) is 12.0 Å². The summed E-state index contributed by atoms with van der Waals surface area (Å²) in [4.78, 5) is 0. The molecular weight excluding hydrogens is 238 g/mol. The second kappa shape index (κ2) is 5.51. The maximum atomic E-state index is 9.97. The highest BCUT2D eigenvalue weighted by atomic mass is 16.5. The maximum absolute atomic E-state index is 9.97. The van der Waals surface area contributed by atoms with Crippen LogP contribution >= 0.6 is 0 Å². The lowest BCUT2D eigenvalue weighted by atomic mass is 9.87. The van der Waals surface area contributed by atoms with E-state index in [9.17, 15) is 5.11 Å². The van der Waals surface area contributed by atoms with E-state index < -0.39 is 0 Å². The Bertz CT molecular complexity index is 442. The number of hydrogen-bond acceptors (Lipinski definition) is 3. The van der Waals surface area contributed by atoms with Gasteiger partial charge in [0, 0.05) is 12.6 Å². The Morgan fingerprint density at radius 3 is 2.95 bits per heavy atom. The third-order valence-electron chi connectivity index (χ3n) is 4.40. The molecule has 0 bridgehead atoms. The van der Waals surface area contributed by atoms with Gasteiger partial charge >= 0.3 is 0 Å². The molecule has 0 aromatic heterocycles. The van der Waals surface area contributed by atoms with Crippen molar-refractivity contribution in [3.8, 4) is 5.75 Å². The second-order valence-electron chi connectivity index (χ2n) is 5.82. The summed E-state index contributed by atoms with van der Waals surface area (Å²) in [6, 6.07) is 6.76. The third kappa shape index (κ3) is 2.93. The predicted molar refractivity (Wildman–Crippen MR) is 75.4 cm³/mol. The zero-order valence-corrected chi connectivity index (χ0v) is 11.6. The molecule has 2 N–H and O–H groups in total. The average Bonchev–Trinajstić information content (AvgIpc) is 3.28. The van der Waals surface area contributed by atoms with Gasteiger partial charge in [0.2, 0.25) is 0 Å². The molecule has 0 amide bonds. The predicted octanol–water partition coefficient (Wildman–Crippen LogP) is 2.43. The van der Waals surface area contributed by atoms with Crippen LogP contribution in [0.5, 0.6) is 5.75 Å². The highest BCUT2D eigenvalue weighted by Gasteiger charge is 2.30. The van der Waals surface area contributed by atoms with Gasteiger partial charge in [-0.05, 0) is 61.3 Å². The minimum atomic E-state index is -0.163. The van der Waals surface area contributed by atoms with Gasteiger partial charge in [-0.25, -0.2) is 0 Å². The molecule has 3 nitrogen and oxygen atoms in total. The topological polar surface area (TPSA) is 41.5 Å². The highest BCUT2D eigenvalue weighted by molar-refractivity contribution is 5.39. The van der Waals surface area contributed by atoms with Crippen molar-refractivity contribution >= 4 is 0 Å². The number of rotatable bonds is 5. The van der Waals surface area contributed by atoms with Crippen LogP contribution in [0.2, 0.25) is 0 Å². The Balaban J connectivity index is 1.67. The van der Waals surface area contributed by atoms with Crippen molar-refractivity contribution in [1.29, 1.82) is 0 Å². The first kappa shape index (κ1) is 12.9. The van der Waals surface area contributed by atoms with Crippen LogP contribution in [-0.4, -0.2) is 24.9 Å². The first-order valence-corrected chi connectivity index (χ1v) is 7.36. The zero-order valence-electron chi connectivity index (χ0n) is 11.6. The maximum Gasteiger partial charge on any atom is 0.119 e. The van der Waals surface area contributed by atoms with Crippen LogP contribution in [0.4, 0.5) is 0 Å². The van der Waals surface area contributed by atoms with Gasteiger partial charge in [-0.15, -0.1) is 0 Å². The fraction of sp³-hybridized carbons (Fsp3) is 0.625. The Morgan fingerprint density at radius 2 is 2.21 bits per heavy atom. The summed E-state index contributed by atoms with van der Waals surface area (Å²) < 4.78 is 5.29. The molecule has 0 spiro atoms. The lowest BCUT2D eigenvalue weighted by molar-refractivity contribution is 0.143. The quantitative estimate of drug-likeness (QED) is 0.855. The summed E-state index contributed by atoms with van der Waals surface area (Å²) in [5, 5.41) is 13.5. The molecule has 3 heteroatoms. The first-order valence-electron chi connectivity index (χ1n) is 7.36. The fourth-order valence-corrected chi connectivity index (χ4v) is 3.04. The number of ether oxygens (including phenoxy) is 1. The molecule has 1 aromatic rings. The fourth-order valence-electron chi connectivity index (χ4n) is 3.04. The molecule has 2 aliphatic carbocycles. The standard InChI is InChI=1S/C16H23NO2/c1-19-13-7-8-14-12(9-13)3-2-4-15(14)17-10-16(18)11-5-6-11/h7-9,11,15-18H,2-6,10H2,1H3. The Kier molecular flexibility index (Phi) is 3.76. The van der Waals surface area contributed by atoms with Crippen LogP contribution in [0.1, 0.15) is 42.9 Å². The molecular formula is C16H23NO2. The van der Waals surface area contributed by atoms with Crippen LogP contribution in [0.15, 0.2) is 18.2 Å². The number of nitrogens with one attached hydrogen (secondary N) is 1. The molecule has 1 aromatic carbocycles. The van der Waals surface area contributed by atoms with Crippen molar-refractivity contribution in [3.63, 3.8) is 0 Å². The zero-order chi connectivity index (χ0) is 13.2. The highest BCUT2D eigenvalue weighted by Crippen LogP contribution is 2.34. The van der Waals surface area contributed by atoms with E-state index >= 15 is 0 Å². The summed E-state index contributed by atoms with van der Waals surface area (Å²) in [6.45, 7) is 0.723. The molecule has 3 rings (SSSR count). The molecule has 0 radical (unpaired) electrons. The minimum Gasteiger partial charge on any atom is -0.497 e. The van der Waals surface area contributed by atoms with Crippen LogP contribution in [0, 0.1) is 5.92 Å². The molecule has 104 valence electrons. The van der Waals surface area contributed by atoms with Gasteiger partial charge in [0.1, 0.15) is 5.75 Å². The van der Waals surface area contributed by atoms with E-state index in [1.807, 2.05) is 6.07 Å². The lowest BCUT2D eigenvalue weighted by Crippen LogP contribution is -2.33. The van der Waals surface area contributed by atoms with E-state index in [4.69, 9.17) is 4.74 Å². The largest absolute Gasteiger partial charge is 0.497 e. The SMILES string of the molecule is COc1ccc2c(c1)CCCC2NCC(O)C1CC1. The van der Waals surface area contributed by atoms with Crippen LogP contribution < -0.4 is 10.1 Å². The smallest absolute Gasteiger partial charge is 0.119 e. The number of hydrogen-bond donors (Lipinski definition) is 2. The first-order chi connectivity index (χ1) is 9.28. The lowest BCUT2D eigenvalue weighted by Gasteiger charge is -2.28. The Hall–Kier alpha value is -1.06. The molecule has 0 aliphatic heterocycles. The average molecular weight is 261 g/mol. The Morgan fingerprint density at radius 1 is 1.37 bits per heavy atom. The van der Waals surface area contributed by atoms with Crippen molar-refractivity contribution in [2.45, 2.75) is 44.2 Å². The van der Waals surface area contributed by atoms with E-state index in [1.165, 1.54) is 30.4 Å². The van der Waals surface area contributed by atoms with Gasteiger partial charge in [0.05, 0.1) is 13.2 Å². The molecule has 0 saturated heterocycles. The minimum absolute atomic E-state index is 0.163. The van der Waals surface area contributed by atoms with Crippen molar-refractivity contribution in [2.24, 2.45) is 5.92 Å². The number of aliphatic hydroxyl groups is 1. The number of fused-ring (bicyclic) bond motifs is 1. The molecule has 2 unspecified atom stereocenters. The summed E-state index contributed by atoms with van der Waals surface area (Å²) in [6.07, 6.45) is 5.73. The van der Waals surface area contributed by atoms with Gasteiger partial charge in [0.15, 0.2) is 0 Å². The number of benzene rings is 1. The number of methoxy groups -OCH3 is 1. The van der Waals surface area contributed by atoms with Crippen molar-refractivity contribution in [1.82, 2.24) is 5.32 Å². The van der Waals surface area contributed by atoms with Gasteiger partial charge in [-0.2, -0.15) is 0 Å². The van der Waals surface area contributed by atoms with E-state index in [-0.39, 0.29) is 6.10 Å². The molecule has 2 aliphatic rings. The normalized spacial score (nSPS) is 23.8. The summed E-state index contributed by atoms with van der Waals surface area (Å²) in [5.41, 5.74) is 2.78. The van der Waals surface area contributed by atoms with Gasteiger partial charge in [-0.3, -0.25) is 0 Å². The van der Waals surface area contributed by atoms with E-state index in [0.717, 1.165) is 25.1 Å². The van der Waals surface area contributed by atoms with Gasteiger partial charge in [0.25, 0.3) is 0 Å². The summed E-state index contributed by atoms with van der Waals surface area (Å²) in [5.74, 6) is 1.49. The van der Waals surface area contributed by atoms with Gasteiger partial charge in [-0.1, -0.05) is 6.07 Å². The van der Waals surface area contributed by atoms with E-state index in [2.05, 4.69) is 17.4 Å². The van der Waals surface area contributed by atoms with Crippen LogP contribution in [0.25, 0.3) is 0 Å². The summed E-state index contributed by atoms with van der Waals surface area (Å²) >= 11 is 0.